The standard InChI is InChI=1S/C15H11N5/c1-2-4-11-9-12(6-5-10(11)3-1)18-15-13-14(19-20-15)17-8-7-16-13/h1-9H,(H2,17,18,19,20). The number of rotatable bonds is 2. The number of nitrogens with zero attached hydrogens (tertiary/aromatic N) is 3. The molecule has 0 fully saturated rings. The molecule has 0 spiro atoms. The second-order valence-electron chi connectivity index (χ2n) is 4.51. The summed E-state index contributed by atoms with van der Waals surface area (Å²) in [6.45, 7) is 0. The van der Waals surface area contributed by atoms with E-state index in [0.717, 1.165) is 11.2 Å². The Labute approximate surface area is 114 Å². The molecule has 2 aromatic heterocycles. The van der Waals surface area contributed by atoms with Gasteiger partial charge in [-0.25, -0.2) is 9.97 Å². The minimum Gasteiger partial charge on any atom is -0.337 e. The van der Waals surface area contributed by atoms with Gasteiger partial charge >= 0.3 is 0 Å². The van der Waals surface area contributed by atoms with Gasteiger partial charge in [-0.15, -0.1) is 0 Å². The van der Waals surface area contributed by atoms with Crippen LogP contribution in [0.3, 0.4) is 0 Å². The average molecular weight is 261 g/mol. The number of H-pyrrole nitrogens is 1. The summed E-state index contributed by atoms with van der Waals surface area (Å²) < 4.78 is 0. The first-order valence-corrected chi connectivity index (χ1v) is 6.31. The molecular weight excluding hydrogens is 250 g/mol. The van der Waals surface area contributed by atoms with E-state index in [4.69, 9.17) is 0 Å². The fourth-order valence-electron chi connectivity index (χ4n) is 2.25. The smallest absolute Gasteiger partial charge is 0.180 e. The van der Waals surface area contributed by atoms with Gasteiger partial charge in [0.25, 0.3) is 0 Å². The van der Waals surface area contributed by atoms with Crippen molar-refractivity contribution in [2.45, 2.75) is 0 Å². The summed E-state index contributed by atoms with van der Waals surface area (Å²) in [4.78, 5) is 8.45. The molecule has 2 aromatic carbocycles. The van der Waals surface area contributed by atoms with Crippen molar-refractivity contribution < 1.29 is 0 Å². The number of aromatic nitrogens is 4. The number of aromatic amines is 1. The third-order valence-corrected chi connectivity index (χ3v) is 3.21. The molecule has 96 valence electrons. The van der Waals surface area contributed by atoms with E-state index in [0.29, 0.717) is 11.5 Å². The van der Waals surface area contributed by atoms with Gasteiger partial charge in [0.2, 0.25) is 0 Å². The maximum atomic E-state index is 4.28. The molecule has 0 saturated heterocycles. The van der Waals surface area contributed by atoms with E-state index in [1.165, 1.54) is 10.8 Å². The normalized spacial score (nSPS) is 11.0. The maximum absolute atomic E-state index is 4.28. The molecule has 4 aromatic rings. The molecule has 0 amide bonds. The first-order valence-electron chi connectivity index (χ1n) is 6.31. The van der Waals surface area contributed by atoms with Crippen molar-refractivity contribution >= 4 is 33.4 Å². The van der Waals surface area contributed by atoms with Crippen LogP contribution in [0.25, 0.3) is 21.9 Å². The molecule has 0 aliphatic carbocycles. The lowest BCUT2D eigenvalue weighted by Crippen LogP contribution is -1.92. The van der Waals surface area contributed by atoms with Gasteiger partial charge in [0.05, 0.1) is 0 Å². The highest BCUT2D eigenvalue weighted by molar-refractivity contribution is 5.89. The van der Waals surface area contributed by atoms with Crippen molar-refractivity contribution in [2.24, 2.45) is 0 Å². The molecule has 0 bridgehead atoms. The largest absolute Gasteiger partial charge is 0.337 e. The lowest BCUT2D eigenvalue weighted by Gasteiger charge is -2.05. The predicted octanol–water partition coefficient (Wildman–Crippen LogP) is 3.25. The van der Waals surface area contributed by atoms with E-state index in [9.17, 15) is 0 Å². The Bertz CT molecular complexity index is 897. The van der Waals surface area contributed by atoms with Gasteiger partial charge < -0.3 is 5.32 Å². The molecule has 0 radical (unpaired) electrons. The predicted molar refractivity (Wildman–Crippen MR) is 78.9 cm³/mol. The van der Waals surface area contributed by atoms with Crippen LogP contribution in [0.15, 0.2) is 54.9 Å². The summed E-state index contributed by atoms with van der Waals surface area (Å²) >= 11 is 0. The third kappa shape index (κ3) is 1.76. The van der Waals surface area contributed by atoms with Crippen LogP contribution in [0.4, 0.5) is 11.5 Å². The van der Waals surface area contributed by atoms with E-state index in [1.807, 2.05) is 18.2 Å². The Kier molecular flexibility index (Phi) is 2.35. The molecule has 0 saturated carbocycles. The van der Waals surface area contributed by atoms with Crippen LogP contribution in [-0.4, -0.2) is 20.2 Å². The highest BCUT2D eigenvalue weighted by Gasteiger charge is 2.07. The molecular formula is C15H11N5. The van der Waals surface area contributed by atoms with Gasteiger partial charge in [-0.05, 0) is 22.9 Å². The second-order valence-corrected chi connectivity index (χ2v) is 4.51. The van der Waals surface area contributed by atoms with E-state index in [1.54, 1.807) is 12.4 Å². The number of hydrogen-bond donors (Lipinski definition) is 2. The summed E-state index contributed by atoms with van der Waals surface area (Å²) in [7, 11) is 0. The molecule has 2 N–H and O–H groups in total. The second kappa shape index (κ2) is 4.31. The van der Waals surface area contributed by atoms with Crippen LogP contribution in [0, 0.1) is 0 Å². The van der Waals surface area contributed by atoms with Crippen LogP contribution >= 0.6 is 0 Å². The van der Waals surface area contributed by atoms with Crippen molar-refractivity contribution in [1.29, 1.82) is 0 Å². The third-order valence-electron chi connectivity index (χ3n) is 3.21. The lowest BCUT2D eigenvalue weighted by molar-refractivity contribution is 1.10. The minimum absolute atomic E-state index is 0.677. The van der Waals surface area contributed by atoms with Crippen LogP contribution in [-0.2, 0) is 0 Å². The summed E-state index contributed by atoms with van der Waals surface area (Å²) in [6, 6.07) is 14.4. The summed E-state index contributed by atoms with van der Waals surface area (Å²) in [5.74, 6) is 0.684. The fourth-order valence-corrected chi connectivity index (χ4v) is 2.25. The topological polar surface area (TPSA) is 66.5 Å². The Balaban J connectivity index is 1.76. The van der Waals surface area contributed by atoms with Crippen LogP contribution in [0.1, 0.15) is 0 Å². The first kappa shape index (κ1) is 10.9. The Hall–Kier alpha value is -2.95. The molecule has 5 heteroatoms. The summed E-state index contributed by atoms with van der Waals surface area (Å²) in [5, 5.41) is 12.7. The average Bonchev–Trinajstić information content (AvgIpc) is 2.91. The molecule has 0 aliphatic heterocycles. The quantitative estimate of drug-likeness (QED) is 0.581. The van der Waals surface area contributed by atoms with E-state index < -0.39 is 0 Å². The summed E-state index contributed by atoms with van der Waals surface area (Å²) in [5.41, 5.74) is 2.39. The number of benzene rings is 2. The molecule has 4 rings (SSSR count). The first-order chi connectivity index (χ1) is 9.90. The van der Waals surface area contributed by atoms with Gasteiger partial charge in [-0.1, -0.05) is 30.3 Å². The zero-order chi connectivity index (χ0) is 13.4. The number of fused-ring (bicyclic) bond motifs is 2. The molecule has 2 heterocycles. The number of anilines is 2. The highest BCUT2D eigenvalue weighted by Crippen LogP contribution is 2.24. The summed E-state index contributed by atoms with van der Waals surface area (Å²) in [6.07, 6.45) is 3.30. The Morgan fingerprint density at radius 2 is 1.75 bits per heavy atom. The molecule has 0 unspecified atom stereocenters. The van der Waals surface area contributed by atoms with Crippen molar-refractivity contribution in [1.82, 2.24) is 20.2 Å². The van der Waals surface area contributed by atoms with Crippen LogP contribution in [0.2, 0.25) is 0 Å². The van der Waals surface area contributed by atoms with Crippen LogP contribution < -0.4 is 5.32 Å². The van der Waals surface area contributed by atoms with E-state index >= 15 is 0 Å². The van der Waals surface area contributed by atoms with Gasteiger partial charge in [0, 0.05) is 18.1 Å². The molecule has 0 aliphatic rings. The lowest BCUT2D eigenvalue weighted by atomic mass is 10.1. The fraction of sp³-hybridized carbons (Fsp3) is 0. The van der Waals surface area contributed by atoms with Crippen molar-refractivity contribution in [3.05, 3.63) is 54.9 Å². The maximum Gasteiger partial charge on any atom is 0.180 e. The van der Waals surface area contributed by atoms with Gasteiger partial charge in [0.15, 0.2) is 17.0 Å². The number of hydrogen-bond acceptors (Lipinski definition) is 4. The molecule has 0 atom stereocenters. The Morgan fingerprint density at radius 3 is 2.70 bits per heavy atom. The van der Waals surface area contributed by atoms with E-state index in [2.05, 4.69) is 49.7 Å². The van der Waals surface area contributed by atoms with Gasteiger partial charge in [0.1, 0.15) is 0 Å². The zero-order valence-corrected chi connectivity index (χ0v) is 10.5. The molecule has 5 nitrogen and oxygen atoms in total. The Morgan fingerprint density at radius 1 is 0.900 bits per heavy atom. The van der Waals surface area contributed by atoms with Crippen LogP contribution in [0.5, 0.6) is 0 Å². The molecule has 20 heavy (non-hydrogen) atoms. The van der Waals surface area contributed by atoms with E-state index in [-0.39, 0.29) is 0 Å². The zero-order valence-electron chi connectivity index (χ0n) is 10.5. The number of nitrogens with one attached hydrogen (secondary N) is 2. The SMILES string of the molecule is c1ccc2cc(Nc3n[nH]c4nccnc34)ccc2c1. The minimum atomic E-state index is 0.677. The van der Waals surface area contributed by atoms with Crippen molar-refractivity contribution in [3.8, 4) is 0 Å². The monoisotopic (exact) mass is 261 g/mol. The highest BCUT2D eigenvalue weighted by atomic mass is 15.2. The van der Waals surface area contributed by atoms with Gasteiger partial charge in [-0.3, -0.25) is 5.10 Å². The van der Waals surface area contributed by atoms with Crippen molar-refractivity contribution in [2.75, 3.05) is 5.32 Å². The van der Waals surface area contributed by atoms with Gasteiger partial charge in [-0.2, -0.15) is 5.10 Å². The van der Waals surface area contributed by atoms with Crippen molar-refractivity contribution in [3.63, 3.8) is 0 Å².